The van der Waals surface area contributed by atoms with E-state index in [0.29, 0.717) is 24.9 Å². The zero-order valence-electron chi connectivity index (χ0n) is 25.0. The lowest BCUT2D eigenvalue weighted by atomic mass is 9.97. The molecule has 0 aromatic carbocycles. The maximum atomic E-state index is 13.2. The Balaban J connectivity index is 1.08. The Morgan fingerprint density at radius 3 is 2.49 bits per heavy atom. The van der Waals surface area contributed by atoms with Crippen molar-refractivity contribution in [2.24, 2.45) is 0 Å². The molecule has 1 saturated carbocycles. The molecule has 3 aliphatic heterocycles. The van der Waals surface area contributed by atoms with E-state index in [-0.39, 0.29) is 36.2 Å². The molecule has 10 heteroatoms. The molecule has 4 aliphatic rings. The number of anilines is 1. The molecule has 1 N–H and O–H groups in total. The average Bonchev–Trinajstić information content (AvgIpc) is 3.64. The Bertz CT molecular complexity index is 1280. The number of carbonyl (C=O) groups excluding carboxylic acids is 2. The zero-order valence-corrected chi connectivity index (χ0v) is 25.0. The van der Waals surface area contributed by atoms with Gasteiger partial charge in [0.05, 0.1) is 19.3 Å². The van der Waals surface area contributed by atoms with Crippen LogP contribution in [-0.2, 0) is 9.53 Å². The van der Waals surface area contributed by atoms with Crippen molar-refractivity contribution in [3.8, 4) is 0 Å². The number of ether oxygens (including phenoxy) is 1. The summed E-state index contributed by atoms with van der Waals surface area (Å²) in [5, 5.41) is 8.57. The normalized spacial score (nSPS) is 25.2. The van der Waals surface area contributed by atoms with E-state index in [4.69, 9.17) is 14.8 Å². The molecule has 2 aromatic rings. The first-order valence-corrected chi connectivity index (χ1v) is 15.5. The lowest BCUT2D eigenvalue weighted by Crippen LogP contribution is -2.57. The van der Waals surface area contributed by atoms with Gasteiger partial charge < -0.3 is 24.8 Å². The van der Waals surface area contributed by atoms with Gasteiger partial charge in [-0.1, -0.05) is 32.8 Å². The highest BCUT2D eigenvalue weighted by Gasteiger charge is 2.45. The molecular formula is C31H45N7O3. The smallest absolute Gasteiger partial charge is 0.410 e. The van der Waals surface area contributed by atoms with Crippen LogP contribution in [0.4, 0.5) is 10.6 Å². The van der Waals surface area contributed by atoms with Crippen molar-refractivity contribution in [2.75, 3.05) is 39.0 Å². The van der Waals surface area contributed by atoms with E-state index in [0.717, 1.165) is 43.7 Å². The molecule has 41 heavy (non-hydrogen) atoms. The van der Waals surface area contributed by atoms with E-state index < -0.39 is 0 Å². The predicted octanol–water partition coefficient (Wildman–Crippen LogP) is 4.38. The minimum atomic E-state index is -0.224. The summed E-state index contributed by atoms with van der Waals surface area (Å²) in [7, 11) is 3.93. The van der Waals surface area contributed by atoms with Gasteiger partial charge in [0.25, 0.3) is 0 Å². The molecule has 3 saturated heterocycles. The summed E-state index contributed by atoms with van der Waals surface area (Å²) in [5.41, 5.74) is 3.34. The highest BCUT2D eigenvalue weighted by Crippen LogP contribution is 2.39. The Labute approximate surface area is 243 Å². The average molecular weight is 564 g/mol. The number of amides is 2. The predicted molar refractivity (Wildman–Crippen MR) is 158 cm³/mol. The van der Waals surface area contributed by atoms with Crippen molar-refractivity contribution in [2.45, 2.75) is 101 Å². The van der Waals surface area contributed by atoms with Crippen LogP contribution in [0.5, 0.6) is 0 Å². The number of nitrogens with one attached hydrogen (secondary N) is 1. The van der Waals surface area contributed by atoms with Gasteiger partial charge in [-0.05, 0) is 58.5 Å². The Hall–Kier alpha value is -3.14. The number of hydrogen-bond donors (Lipinski definition) is 1. The molecule has 2 amide bonds. The summed E-state index contributed by atoms with van der Waals surface area (Å²) in [6.45, 7) is 6.05. The van der Waals surface area contributed by atoms with Gasteiger partial charge >= 0.3 is 6.09 Å². The number of likely N-dealkylation sites (tertiary alicyclic amines) is 1. The third kappa shape index (κ3) is 5.80. The van der Waals surface area contributed by atoms with Crippen LogP contribution in [0.2, 0.25) is 0 Å². The molecule has 6 rings (SSSR count). The third-order valence-electron chi connectivity index (χ3n) is 9.37. The van der Waals surface area contributed by atoms with E-state index in [1.54, 1.807) is 11.0 Å². The summed E-state index contributed by atoms with van der Waals surface area (Å²) < 4.78 is 7.84. The van der Waals surface area contributed by atoms with Crippen LogP contribution in [0.1, 0.15) is 88.3 Å². The second-order valence-electron chi connectivity index (χ2n) is 13.1. The van der Waals surface area contributed by atoms with Gasteiger partial charge in [-0.25, -0.2) is 9.78 Å². The second-order valence-corrected chi connectivity index (χ2v) is 13.1. The summed E-state index contributed by atoms with van der Waals surface area (Å²) in [5.74, 6) is 1.88. The summed E-state index contributed by atoms with van der Waals surface area (Å²) in [6.07, 6.45) is 13.7. The fourth-order valence-corrected chi connectivity index (χ4v) is 7.11. The van der Waals surface area contributed by atoms with Crippen molar-refractivity contribution in [3.63, 3.8) is 0 Å². The molecule has 0 spiro atoms. The first-order valence-electron chi connectivity index (χ1n) is 15.5. The van der Waals surface area contributed by atoms with Gasteiger partial charge in [0.15, 0.2) is 5.65 Å². The quantitative estimate of drug-likeness (QED) is 0.476. The summed E-state index contributed by atoms with van der Waals surface area (Å²) >= 11 is 0. The molecule has 2 bridgehead atoms. The maximum Gasteiger partial charge on any atom is 0.410 e. The van der Waals surface area contributed by atoms with Crippen LogP contribution in [0.15, 0.2) is 24.4 Å². The van der Waals surface area contributed by atoms with Gasteiger partial charge in [0.1, 0.15) is 11.9 Å². The summed E-state index contributed by atoms with van der Waals surface area (Å²) in [6, 6.07) is 2.82. The SMILES string of the molecule is CC(C)c1cnn2c(NC3CC4CCC(C3)N4C(=O)OC3CN(C(=O)/C=C/CN(C)C)C3)cc(C3CCCC3)nc12. The van der Waals surface area contributed by atoms with Gasteiger partial charge in [-0.15, -0.1) is 0 Å². The van der Waals surface area contributed by atoms with Crippen molar-refractivity contribution >= 4 is 23.5 Å². The Morgan fingerprint density at radius 1 is 1.12 bits per heavy atom. The fourth-order valence-electron chi connectivity index (χ4n) is 7.11. The third-order valence-corrected chi connectivity index (χ3v) is 9.37. The second kappa shape index (κ2) is 11.6. The molecule has 1 aliphatic carbocycles. The molecular weight excluding hydrogens is 518 g/mol. The Morgan fingerprint density at radius 2 is 1.83 bits per heavy atom. The number of fused-ring (bicyclic) bond motifs is 3. The molecule has 4 fully saturated rings. The van der Waals surface area contributed by atoms with Crippen molar-refractivity contribution in [1.29, 1.82) is 0 Å². The van der Waals surface area contributed by atoms with E-state index in [9.17, 15) is 9.59 Å². The molecule has 222 valence electrons. The van der Waals surface area contributed by atoms with Gasteiger partial charge in [0.2, 0.25) is 5.91 Å². The molecule has 10 nitrogen and oxygen atoms in total. The number of nitrogens with zero attached hydrogens (tertiary/aromatic N) is 6. The largest absolute Gasteiger partial charge is 0.442 e. The van der Waals surface area contributed by atoms with Gasteiger partial charge in [-0.3, -0.25) is 4.79 Å². The van der Waals surface area contributed by atoms with Crippen LogP contribution in [0, 0.1) is 0 Å². The Kier molecular flexibility index (Phi) is 7.94. The highest BCUT2D eigenvalue weighted by molar-refractivity contribution is 5.88. The molecule has 2 aromatic heterocycles. The van der Waals surface area contributed by atoms with E-state index in [1.165, 1.54) is 36.9 Å². The molecule has 5 heterocycles. The van der Waals surface area contributed by atoms with Crippen molar-refractivity contribution in [1.82, 2.24) is 29.3 Å². The number of likely N-dealkylation sites (N-methyl/N-ethyl adjacent to an activating group) is 1. The summed E-state index contributed by atoms with van der Waals surface area (Å²) in [4.78, 5) is 36.3. The van der Waals surface area contributed by atoms with Crippen LogP contribution in [0.3, 0.4) is 0 Å². The van der Waals surface area contributed by atoms with Crippen molar-refractivity contribution < 1.29 is 14.3 Å². The monoisotopic (exact) mass is 563 g/mol. The van der Waals surface area contributed by atoms with E-state index in [2.05, 4.69) is 25.2 Å². The van der Waals surface area contributed by atoms with Crippen LogP contribution in [0.25, 0.3) is 5.65 Å². The van der Waals surface area contributed by atoms with E-state index in [1.807, 2.05) is 40.7 Å². The molecule has 2 unspecified atom stereocenters. The standard InChI is InChI=1S/C31H45N7O3/c1-20(2)26-17-32-38-28(16-27(34-30(26)38)21-8-5-6-9-21)33-22-14-23-11-12-24(15-22)37(23)31(40)41-25-18-36(19-25)29(39)10-7-13-35(3)4/h7,10,16-17,20-25,33H,5-6,8-9,11-15,18-19H2,1-4H3/b10-7+. The minimum absolute atomic E-state index is 0.0230. The lowest BCUT2D eigenvalue weighted by molar-refractivity contribution is -0.136. The number of aromatic nitrogens is 3. The number of rotatable bonds is 8. The number of carbonyl (C=O) groups is 2. The van der Waals surface area contributed by atoms with Crippen LogP contribution < -0.4 is 5.32 Å². The zero-order chi connectivity index (χ0) is 28.7. The topological polar surface area (TPSA) is 95.3 Å². The molecule has 2 atom stereocenters. The number of hydrogen-bond acceptors (Lipinski definition) is 7. The first kappa shape index (κ1) is 28.0. The maximum absolute atomic E-state index is 13.2. The molecule has 0 radical (unpaired) electrons. The minimum Gasteiger partial charge on any atom is -0.442 e. The van der Waals surface area contributed by atoms with Crippen LogP contribution >= 0.6 is 0 Å². The van der Waals surface area contributed by atoms with Gasteiger partial charge in [-0.2, -0.15) is 9.61 Å². The fraction of sp³-hybridized carbons (Fsp3) is 0.677. The van der Waals surface area contributed by atoms with Gasteiger partial charge in [0, 0.05) is 54.0 Å². The lowest BCUT2D eigenvalue weighted by Gasteiger charge is -2.42. The highest BCUT2D eigenvalue weighted by atomic mass is 16.6. The van der Waals surface area contributed by atoms with Crippen LogP contribution in [-0.4, -0.2) is 99.3 Å². The van der Waals surface area contributed by atoms with Crippen molar-refractivity contribution in [3.05, 3.63) is 35.7 Å². The van der Waals surface area contributed by atoms with E-state index >= 15 is 0 Å². The number of piperidine rings is 1. The first-order chi connectivity index (χ1) is 19.8.